The zero-order valence-electron chi connectivity index (χ0n) is 11.0. The highest BCUT2D eigenvalue weighted by molar-refractivity contribution is 5.75. The van der Waals surface area contributed by atoms with Gasteiger partial charge in [0.2, 0.25) is 5.82 Å². The summed E-state index contributed by atoms with van der Waals surface area (Å²) in [4.78, 5) is 43.7. The first-order chi connectivity index (χ1) is 9.62. The predicted octanol–water partition coefficient (Wildman–Crippen LogP) is 0.0276. The number of nitro groups is 3. The Kier molecular flexibility index (Phi) is 4.25. The first kappa shape index (κ1) is 16.1. The maximum atomic E-state index is 11.2. The van der Waals surface area contributed by atoms with Crippen LogP contribution in [-0.4, -0.2) is 35.3 Å². The van der Waals surface area contributed by atoms with E-state index in [1.165, 1.54) is 0 Å². The molecule has 0 unspecified atom stereocenters. The Bertz CT molecular complexity index is 609. The molecule has 1 rings (SSSR count). The zero-order chi connectivity index (χ0) is 16.4. The smallest absolute Gasteiger partial charge is 0.390 e. The van der Waals surface area contributed by atoms with Crippen molar-refractivity contribution in [3.8, 4) is 0 Å². The van der Waals surface area contributed by atoms with Crippen LogP contribution in [0.4, 0.5) is 5.95 Å². The van der Waals surface area contributed by atoms with Crippen LogP contribution in [0, 0.1) is 37.3 Å². The molecule has 0 aliphatic carbocycles. The molecule has 0 fully saturated rings. The third-order valence-electron chi connectivity index (χ3n) is 2.66. The topological polar surface area (TPSA) is 177 Å². The van der Waals surface area contributed by atoms with Gasteiger partial charge in [0, 0.05) is 18.4 Å². The Morgan fingerprint density at radius 2 is 1.76 bits per heavy atom. The predicted molar refractivity (Wildman–Crippen MR) is 63.3 cm³/mol. The lowest BCUT2D eigenvalue weighted by Crippen LogP contribution is -2.50. The summed E-state index contributed by atoms with van der Waals surface area (Å²) in [6.07, 6.45) is -1.27. The summed E-state index contributed by atoms with van der Waals surface area (Å²) in [7, 11) is 0. The van der Waals surface area contributed by atoms with E-state index in [-0.39, 0.29) is 10.5 Å². The number of rotatable bonds is 7. The molecule has 0 aliphatic rings. The van der Waals surface area contributed by atoms with Crippen LogP contribution in [0.15, 0.2) is 0 Å². The molecular weight excluding hydrogens is 292 g/mol. The number of carbonyl (C=O) groups is 1. The molecule has 0 aromatic carbocycles. The second-order valence-corrected chi connectivity index (χ2v) is 4.12. The summed E-state index contributed by atoms with van der Waals surface area (Å²) in [5.41, 5.74) is 0. The maximum absolute atomic E-state index is 11.2. The van der Waals surface area contributed by atoms with Crippen LogP contribution in [0.25, 0.3) is 0 Å². The van der Waals surface area contributed by atoms with Crippen molar-refractivity contribution in [2.75, 3.05) is 0 Å². The van der Waals surface area contributed by atoms with Crippen LogP contribution in [0.1, 0.15) is 25.6 Å². The number of aryl methyl sites for hydroxylation is 1. The normalized spacial score (nSPS) is 11.1. The van der Waals surface area contributed by atoms with E-state index in [2.05, 4.69) is 10.1 Å². The van der Waals surface area contributed by atoms with Crippen molar-refractivity contribution in [1.29, 1.82) is 0 Å². The summed E-state index contributed by atoms with van der Waals surface area (Å²) in [6, 6.07) is 0. The van der Waals surface area contributed by atoms with E-state index < -0.39 is 45.1 Å². The van der Waals surface area contributed by atoms with Crippen molar-refractivity contribution in [2.24, 2.45) is 0 Å². The molecule has 0 saturated heterocycles. The fourth-order valence-corrected chi connectivity index (χ4v) is 1.65. The third-order valence-corrected chi connectivity index (χ3v) is 2.66. The van der Waals surface area contributed by atoms with Crippen LogP contribution in [0.2, 0.25) is 0 Å². The van der Waals surface area contributed by atoms with Gasteiger partial charge in [0.25, 0.3) is 0 Å². The summed E-state index contributed by atoms with van der Waals surface area (Å²) >= 11 is 0. The molecule has 0 atom stereocenters. The molecule has 1 aromatic rings. The molecule has 0 aliphatic heterocycles. The van der Waals surface area contributed by atoms with Crippen molar-refractivity contribution in [1.82, 2.24) is 14.8 Å². The molecule has 0 radical (unpaired) electrons. The van der Waals surface area contributed by atoms with E-state index in [0.717, 1.165) is 13.8 Å². The number of Topliss-reactive ketones (excluding diaryl/α,β-unsaturated/α-hetero) is 1. The lowest BCUT2D eigenvalue weighted by atomic mass is 10.1. The first-order valence-corrected chi connectivity index (χ1v) is 5.50. The second-order valence-electron chi connectivity index (χ2n) is 4.12. The SMILES string of the molecule is CC(=O)CCC(n1nc([N+](=O)[O-])nc1C)([N+](=O)[O-])[N+](=O)[O-]. The van der Waals surface area contributed by atoms with Gasteiger partial charge in [-0.15, -0.1) is 0 Å². The van der Waals surface area contributed by atoms with E-state index in [1.807, 2.05) is 0 Å². The van der Waals surface area contributed by atoms with Gasteiger partial charge < -0.3 is 14.9 Å². The number of aromatic nitrogens is 3. The maximum Gasteiger partial charge on any atom is 0.575 e. The van der Waals surface area contributed by atoms with Gasteiger partial charge in [-0.3, -0.25) is 20.2 Å². The lowest BCUT2D eigenvalue weighted by molar-refractivity contribution is -0.835. The number of hydrogen-bond acceptors (Lipinski definition) is 9. The molecule has 13 nitrogen and oxygen atoms in total. The summed E-state index contributed by atoms with van der Waals surface area (Å²) in [5.74, 6) is -4.89. The molecule has 0 amide bonds. The van der Waals surface area contributed by atoms with Gasteiger partial charge in [0.15, 0.2) is 0 Å². The first-order valence-electron chi connectivity index (χ1n) is 5.50. The zero-order valence-corrected chi connectivity index (χ0v) is 11.0. The average molecular weight is 302 g/mol. The molecule has 0 saturated carbocycles. The Morgan fingerprint density at radius 1 is 1.24 bits per heavy atom. The van der Waals surface area contributed by atoms with E-state index in [9.17, 15) is 35.1 Å². The minimum absolute atomic E-state index is 0.258. The van der Waals surface area contributed by atoms with Crippen molar-refractivity contribution in [3.05, 3.63) is 36.2 Å². The van der Waals surface area contributed by atoms with Gasteiger partial charge in [0.05, 0.1) is 0 Å². The van der Waals surface area contributed by atoms with E-state index >= 15 is 0 Å². The van der Waals surface area contributed by atoms with E-state index in [4.69, 9.17) is 0 Å². The van der Waals surface area contributed by atoms with Crippen LogP contribution < -0.4 is 0 Å². The lowest BCUT2D eigenvalue weighted by Gasteiger charge is -2.14. The number of hydrogen-bond donors (Lipinski definition) is 0. The molecule has 114 valence electrons. The standard InChI is InChI=1S/C8H10N6O7/c1-5(15)3-4-8(13(18)19,14(20)21)11-6(2)9-7(10-11)12(16)17/h3-4H2,1-2H3. The third kappa shape index (κ3) is 2.80. The highest BCUT2D eigenvalue weighted by atomic mass is 16.7. The monoisotopic (exact) mass is 302 g/mol. The van der Waals surface area contributed by atoms with Crippen LogP contribution in [0.3, 0.4) is 0 Å². The Morgan fingerprint density at radius 3 is 2.10 bits per heavy atom. The van der Waals surface area contributed by atoms with E-state index in [0.29, 0.717) is 0 Å². The molecule has 21 heavy (non-hydrogen) atoms. The van der Waals surface area contributed by atoms with Gasteiger partial charge in [-0.05, 0) is 21.5 Å². The van der Waals surface area contributed by atoms with E-state index in [1.54, 1.807) is 0 Å². The minimum Gasteiger partial charge on any atom is -0.390 e. The summed E-state index contributed by atoms with van der Waals surface area (Å²) < 4.78 is 0.258. The van der Waals surface area contributed by atoms with Crippen molar-refractivity contribution < 1.29 is 19.6 Å². The van der Waals surface area contributed by atoms with Crippen molar-refractivity contribution in [3.63, 3.8) is 0 Å². The Hall–Kier alpha value is -2.99. The molecule has 13 heteroatoms. The highest BCUT2D eigenvalue weighted by Crippen LogP contribution is 2.26. The molecule has 0 N–H and O–H groups in total. The van der Waals surface area contributed by atoms with Gasteiger partial charge in [0.1, 0.15) is 22.1 Å². The Balaban J connectivity index is 3.48. The Labute approximate surface area is 116 Å². The fraction of sp³-hybridized carbons (Fsp3) is 0.625. The van der Waals surface area contributed by atoms with Crippen LogP contribution in [-0.2, 0) is 10.6 Å². The quantitative estimate of drug-likeness (QED) is 0.381. The summed E-state index contributed by atoms with van der Waals surface area (Å²) in [6.45, 7) is 2.22. The number of nitrogens with zero attached hydrogens (tertiary/aromatic N) is 6. The fourth-order valence-electron chi connectivity index (χ4n) is 1.65. The van der Waals surface area contributed by atoms with Crippen molar-refractivity contribution >= 4 is 11.7 Å². The molecular formula is C8H10N6O7. The number of ketones is 1. The largest absolute Gasteiger partial charge is 0.575 e. The molecule has 1 aromatic heterocycles. The molecule has 0 bridgehead atoms. The van der Waals surface area contributed by atoms with Crippen LogP contribution >= 0.6 is 0 Å². The van der Waals surface area contributed by atoms with Gasteiger partial charge in [-0.25, -0.2) is 0 Å². The average Bonchev–Trinajstić information content (AvgIpc) is 2.72. The molecule has 0 spiro atoms. The highest BCUT2D eigenvalue weighted by Gasteiger charge is 2.63. The van der Waals surface area contributed by atoms with Gasteiger partial charge in [-0.2, -0.15) is 0 Å². The van der Waals surface area contributed by atoms with Crippen LogP contribution in [0.5, 0.6) is 0 Å². The van der Waals surface area contributed by atoms with Crippen molar-refractivity contribution in [2.45, 2.75) is 32.5 Å². The second kappa shape index (κ2) is 5.56. The van der Waals surface area contributed by atoms with Gasteiger partial charge in [-0.1, -0.05) is 0 Å². The van der Waals surface area contributed by atoms with Gasteiger partial charge >= 0.3 is 11.7 Å². The number of carbonyl (C=O) groups excluding carboxylic acids is 1. The minimum atomic E-state index is -3.02. The summed E-state index contributed by atoms with van der Waals surface area (Å²) in [5, 5.41) is 36.2. The molecule has 1 heterocycles.